The molecule has 3 nitrogen and oxygen atoms in total. The molecule has 0 aliphatic carbocycles. The van der Waals surface area contributed by atoms with E-state index in [-0.39, 0.29) is 0 Å². The Balaban J connectivity index is 0.000000169. The number of pyridine rings is 1. The third kappa shape index (κ3) is 4.80. The van der Waals surface area contributed by atoms with Crippen LogP contribution in [0.1, 0.15) is 32.0 Å². The first kappa shape index (κ1) is 20.9. The van der Waals surface area contributed by atoms with Gasteiger partial charge in [-0.1, -0.05) is 62.0 Å². The fourth-order valence-corrected chi connectivity index (χ4v) is 3.67. The number of halogens is 1. The number of anilines is 1. The molecule has 0 saturated carbocycles. The molecule has 4 rings (SSSR count). The first-order valence-corrected chi connectivity index (χ1v) is 10.1. The minimum Gasteiger partial charge on any atom is -0.354 e. The highest BCUT2D eigenvalue weighted by atomic mass is 35.5. The second-order valence-electron chi connectivity index (χ2n) is 7.83. The summed E-state index contributed by atoms with van der Waals surface area (Å²) in [5, 5.41) is 1.58. The second kappa shape index (κ2) is 8.71. The van der Waals surface area contributed by atoms with E-state index >= 15 is 0 Å². The Kier molecular flexibility index (Phi) is 6.29. The van der Waals surface area contributed by atoms with Crippen LogP contribution in [0.5, 0.6) is 0 Å². The predicted octanol–water partition coefficient (Wildman–Crippen LogP) is 7.02. The van der Waals surface area contributed by atoms with E-state index in [0.717, 1.165) is 35.1 Å². The van der Waals surface area contributed by atoms with Gasteiger partial charge in [0.1, 0.15) is 5.15 Å². The lowest BCUT2D eigenvalue weighted by molar-refractivity contribution is 0.623. The molecule has 3 aromatic rings. The van der Waals surface area contributed by atoms with Gasteiger partial charge in [0.2, 0.25) is 0 Å². The van der Waals surface area contributed by atoms with Crippen molar-refractivity contribution in [3.8, 4) is 0 Å². The summed E-state index contributed by atoms with van der Waals surface area (Å²) in [6.45, 7) is 19.2. The number of fused-ring (bicyclic) bond motifs is 2. The second-order valence-corrected chi connectivity index (χ2v) is 8.21. The number of aromatic nitrogens is 2. The number of nitrogens with one attached hydrogen (secondary N) is 1. The third-order valence-corrected chi connectivity index (χ3v) is 5.29. The van der Waals surface area contributed by atoms with Gasteiger partial charge in [-0.25, -0.2) is 4.98 Å². The maximum atomic E-state index is 5.76. The Labute approximate surface area is 178 Å². The molecule has 150 valence electrons. The maximum Gasteiger partial charge on any atom is 0.129 e. The first-order valence-electron chi connectivity index (χ1n) is 9.75. The summed E-state index contributed by atoms with van der Waals surface area (Å²) in [5.41, 5.74) is 8.12. The molecule has 1 N–H and O–H groups in total. The topological polar surface area (TPSA) is 31.9 Å². The van der Waals surface area contributed by atoms with E-state index in [1.807, 2.05) is 19.1 Å². The van der Waals surface area contributed by atoms with Crippen molar-refractivity contribution in [2.45, 2.75) is 27.2 Å². The van der Waals surface area contributed by atoms with E-state index < -0.39 is 0 Å². The average molecular weight is 406 g/mol. The number of H-pyrrole nitrogens is 1. The van der Waals surface area contributed by atoms with E-state index in [9.17, 15) is 0 Å². The number of hydrogen-bond acceptors (Lipinski definition) is 2. The highest BCUT2D eigenvalue weighted by Crippen LogP contribution is 2.35. The van der Waals surface area contributed by atoms with E-state index in [2.05, 4.69) is 72.7 Å². The number of allylic oxidation sites excluding steroid dienone is 2. The van der Waals surface area contributed by atoms with Crippen molar-refractivity contribution >= 4 is 33.8 Å². The van der Waals surface area contributed by atoms with Gasteiger partial charge in [-0.3, -0.25) is 0 Å². The van der Waals surface area contributed by atoms with Gasteiger partial charge in [0.15, 0.2) is 0 Å². The number of para-hydroxylation sites is 1. The van der Waals surface area contributed by atoms with Gasteiger partial charge in [-0.15, -0.1) is 0 Å². The molecule has 1 aliphatic heterocycles. The molecule has 1 aromatic carbocycles. The summed E-state index contributed by atoms with van der Waals surface area (Å²) < 4.78 is 0. The normalized spacial score (nSPS) is 15.5. The average Bonchev–Trinajstić information content (AvgIpc) is 3.09. The van der Waals surface area contributed by atoms with Gasteiger partial charge in [0.25, 0.3) is 0 Å². The Hall–Kier alpha value is -2.78. The zero-order chi connectivity index (χ0) is 21.1. The SMILES string of the molecule is C=C(C)CN1C(=C)C(C)Cc2ccccc21.C=C(C)c1cc2cc(Cl)ncc2[nH]1. The lowest BCUT2D eigenvalue weighted by Crippen LogP contribution is -2.32. The summed E-state index contributed by atoms with van der Waals surface area (Å²) in [5.74, 6) is 0.522. The molecule has 3 heterocycles. The van der Waals surface area contributed by atoms with Crippen LogP contribution in [0, 0.1) is 5.92 Å². The molecule has 29 heavy (non-hydrogen) atoms. The summed E-state index contributed by atoms with van der Waals surface area (Å²) in [6.07, 6.45) is 2.83. The minimum atomic E-state index is 0.514. The van der Waals surface area contributed by atoms with Crippen molar-refractivity contribution in [2.75, 3.05) is 11.4 Å². The minimum absolute atomic E-state index is 0.514. The molecular weight excluding hydrogens is 378 g/mol. The monoisotopic (exact) mass is 405 g/mol. The van der Waals surface area contributed by atoms with Crippen LogP contribution >= 0.6 is 11.6 Å². The molecule has 0 amide bonds. The van der Waals surface area contributed by atoms with Gasteiger partial charge >= 0.3 is 0 Å². The van der Waals surface area contributed by atoms with Crippen LogP contribution in [0.25, 0.3) is 16.5 Å². The van der Waals surface area contributed by atoms with Crippen LogP contribution in [0.3, 0.4) is 0 Å². The first-order chi connectivity index (χ1) is 13.8. The third-order valence-electron chi connectivity index (χ3n) is 5.08. The number of aromatic amines is 1. The highest BCUT2D eigenvalue weighted by Gasteiger charge is 2.24. The van der Waals surface area contributed by atoms with Crippen LogP contribution in [0.4, 0.5) is 5.69 Å². The lowest BCUT2D eigenvalue weighted by atomic mass is 9.91. The fraction of sp³-hybridized carbons (Fsp3) is 0.240. The quantitative estimate of drug-likeness (QED) is 0.374. The summed E-state index contributed by atoms with van der Waals surface area (Å²) in [6, 6.07) is 12.4. The molecule has 0 spiro atoms. The lowest BCUT2D eigenvalue weighted by Gasteiger charge is -2.37. The standard InChI is InChI=1S/C15H19N.C10H9ClN2/c1-11(2)10-16-13(4)12(3)9-14-7-5-6-8-15(14)16;1-6(2)8-3-7-4-10(11)12-5-9(7)13-8/h5-8,12H,1,4,9-10H2,2-3H3;3-5,13H,1H2,2H3. The smallest absolute Gasteiger partial charge is 0.129 e. The molecule has 4 heteroatoms. The van der Waals surface area contributed by atoms with Gasteiger partial charge < -0.3 is 9.88 Å². The molecule has 0 radical (unpaired) electrons. The molecule has 2 aromatic heterocycles. The van der Waals surface area contributed by atoms with Crippen LogP contribution in [-0.2, 0) is 6.42 Å². The predicted molar refractivity (Wildman–Crippen MR) is 126 cm³/mol. The van der Waals surface area contributed by atoms with E-state index in [0.29, 0.717) is 11.1 Å². The van der Waals surface area contributed by atoms with Crippen molar-refractivity contribution in [3.63, 3.8) is 0 Å². The van der Waals surface area contributed by atoms with Crippen molar-refractivity contribution in [2.24, 2.45) is 5.92 Å². The number of hydrogen-bond donors (Lipinski definition) is 1. The Morgan fingerprint density at radius 2 is 1.97 bits per heavy atom. The summed E-state index contributed by atoms with van der Waals surface area (Å²) >= 11 is 5.76. The van der Waals surface area contributed by atoms with E-state index in [1.54, 1.807) is 6.20 Å². The zero-order valence-corrected chi connectivity index (χ0v) is 18.2. The number of rotatable bonds is 3. The summed E-state index contributed by atoms with van der Waals surface area (Å²) in [7, 11) is 0. The maximum absolute atomic E-state index is 5.76. The molecular formula is C25H28ClN3. The zero-order valence-electron chi connectivity index (χ0n) is 17.4. The molecule has 0 bridgehead atoms. The van der Waals surface area contributed by atoms with Crippen molar-refractivity contribution in [3.05, 3.63) is 90.0 Å². The Morgan fingerprint density at radius 1 is 1.24 bits per heavy atom. The van der Waals surface area contributed by atoms with Crippen LogP contribution in [-0.4, -0.2) is 16.5 Å². The largest absolute Gasteiger partial charge is 0.354 e. The molecule has 1 unspecified atom stereocenters. The number of nitrogens with zero attached hydrogens (tertiary/aromatic N) is 2. The Bertz CT molecular complexity index is 1080. The van der Waals surface area contributed by atoms with E-state index in [4.69, 9.17) is 11.6 Å². The molecule has 0 fully saturated rings. The van der Waals surface area contributed by atoms with E-state index in [1.165, 1.54) is 22.5 Å². The Morgan fingerprint density at radius 3 is 2.66 bits per heavy atom. The van der Waals surface area contributed by atoms with Gasteiger partial charge in [-0.05, 0) is 55.5 Å². The molecule has 0 saturated heterocycles. The summed E-state index contributed by atoms with van der Waals surface area (Å²) in [4.78, 5) is 9.48. The molecule has 1 atom stereocenters. The van der Waals surface area contributed by atoms with Crippen molar-refractivity contribution in [1.82, 2.24) is 9.97 Å². The molecule has 1 aliphatic rings. The van der Waals surface area contributed by atoms with Crippen LogP contribution in [0.15, 0.2) is 73.6 Å². The van der Waals surface area contributed by atoms with Gasteiger partial charge in [0.05, 0.1) is 11.7 Å². The highest BCUT2D eigenvalue weighted by molar-refractivity contribution is 6.30. The number of benzene rings is 1. The van der Waals surface area contributed by atoms with Crippen LogP contribution < -0.4 is 4.90 Å². The van der Waals surface area contributed by atoms with Crippen molar-refractivity contribution < 1.29 is 0 Å². The fourth-order valence-electron chi connectivity index (χ4n) is 3.51. The van der Waals surface area contributed by atoms with Gasteiger partial charge in [-0.2, -0.15) is 0 Å². The van der Waals surface area contributed by atoms with Crippen LogP contribution in [0.2, 0.25) is 5.15 Å². The van der Waals surface area contributed by atoms with Gasteiger partial charge in [0, 0.05) is 29.0 Å². The van der Waals surface area contributed by atoms with Crippen molar-refractivity contribution in [1.29, 1.82) is 0 Å².